The minimum Gasteiger partial charge on any atom is -0.487 e. The first-order valence-corrected chi connectivity index (χ1v) is 12.7. The van der Waals surface area contributed by atoms with Crippen molar-refractivity contribution in [3.63, 3.8) is 0 Å². The summed E-state index contributed by atoms with van der Waals surface area (Å²) >= 11 is 5.94. The number of sulfonamides is 1. The van der Waals surface area contributed by atoms with E-state index in [1.807, 2.05) is 24.3 Å². The second-order valence-electron chi connectivity index (χ2n) is 8.01. The number of carbonyl (C=O) groups excluding carboxylic acids is 1. The van der Waals surface area contributed by atoms with Gasteiger partial charge in [-0.15, -0.1) is 0 Å². The van der Waals surface area contributed by atoms with Gasteiger partial charge >= 0.3 is 0 Å². The Morgan fingerprint density at radius 2 is 1.81 bits per heavy atom. The van der Waals surface area contributed by atoms with E-state index < -0.39 is 16.1 Å². The molecule has 1 aliphatic heterocycles. The number of halogens is 1. The Morgan fingerprint density at radius 3 is 2.39 bits per heavy atom. The molecule has 0 radical (unpaired) electrons. The first-order valence-electron chi connectivity index (χ1n) is 10.4. The van der Waals surface area contributed by atoms with E-state index in [1.165, 1.54) is 0 Å². The van der Waals surface area contributed by atoms with Crippen LogP contribution in [0.15, 0.2) is 48.5 Å². The molecule has 1 amide bonds. The Morgan fingerprint density at radius 1 is 1.19 bits per heavy atom. The Hall–Kier alpha value is -2.25. The van der Waals surface area contributed by atoms with Crippen LogP contribution in [-0.2, 0) is 14.8 Å². The molecule has 1 heterocycles. The molecule has 2 aromatic carbocycles. The van der Waals surface area contributed by atoms with Gasteiger partial charge in [-0.05, 0) is 50.1 Å². The van der Waals surface area contributed by atoms with Crippen LogP contribution in [0.3, 0.4) is 0 Å². The normalized spacial score (nSPS) is 18.4. The van der Waals surface area contributed by atoms with E-state index in [-0.39, 0.29) is 17.6 Å². The molecule has 0 spiro atoms. The molecule has 8 heteroatoms. The lowest BCUT2D eigenvalue weighted by Crippen LogP contribution is -2.51. The molecule has 0 unspecified atom stereocenters. The van der Waals surface area contributed by atoms with Crippen molar-refractivity contribution in [2.75, 3.05) is 10.6 Å². The number of anilines is 1. The maximum atomic E-state index is 13.3. The van der Waals surface area contributed by atoms with Crippen molar-refractivity contribution in [2.45, 2.75) is 57.7 Å². The standard InChI is InChI=1S/C23H29ClN2O4S/c1-5-23(6-2)15-20(19-9-7-8-10-21(19)30-23)25-22(27)16(3)26(31(4,28)29)18-13-11-17(24)12-14-18/h7-14,16,20H,5-6,15H2,1-4H3,(H,25,27)/t16-,20-/m0/s1. The Balaban J connectivity index is 1.90. The number of ether oxygens (including phenoxy) is 1. The first kappa shape index (κ1) is 23.4. The second-order valence-corrected chi connectivity index (χ2v) is 10.3. The molecule has 6 nitrogen and oxygen atoms in total. The lowest BCUT2D eigenvalue weighted by atomic mass is 9.83. The number of nitrogens with zero attached hydrogens (tertiary/aromatic N) is 1. The molecule has 168 valence electrons. The molecule has 0 aromatic heterocycles. The highest BCUT2D eigenvalue weighted by molar-refractivity contribution is 7.92. The van der Waals surface area contributed by atoms with E-state index in [2.05, 4.69) is 19.2 Å². The molecule has 2 atom stereocenters. The zero-order valence-corrected chi connectivity index (χ0v) is 19.8. The van der Waals surface area contributed by atoms with Crippen LogP contribution in [0, 0.1) is 0 Å². The summed E-state index contributed by atoms with van der Waals surface area (Å²) in [5.74, 6) is 0.385. The van der Waals surface area contributed by atoms with E-state index >= 15 is 0 Å². The van der Waals surface area contributed by atoms with Gasteiger partial charge in [0.2, 0.25) is 15.9 Å². The highest BCUT2D eigenvalue weighted by Crippen LogP contribution is 2.42. The van der Waals surface area contributed by atoms with Crippen LogP contribution < -0.4 is 14.4 Å². The summed E-state index contributed by atoms with van der Waals surface area (Å²) in [5, 5.41) is 3.57. The molecule has 0 bridgehead atoms. The maximum Gasteiger partial charge on any atom is 0.244 e. The summed E-state index contributed by atoms with van der Waals surface area (Å²) in [6, 6.07) is 12.8. The van der Waals surface area contributed by atoms with Gasteiger partial charge in [0, 0.05) is 17.0 Å². The van der Waals surface area contributed by atoms with Crippen LogP contribution in [0.5, 0.6) is 5.75 Å². The highest BCUT2D eigenvalue weighted by Gasteiger charge is 2.40. The van der Waals surface area contributed by atoms with Gasteiger partial charge in [0.1, 0.15) is 17.4 Å². The Kier molecular flexibility index (Phi) is 6.86. The van der Waals surface area contributed by atoms with Crippen molar-refractivity contribution in [1.82, 2.24) is 5.32 Å². The third kappa shape index (κ3) is 4.99. The minimum absolute atomic E-state index is 0.272. The van der Waals surface area contributed by atoms with E-state index in [9.17, 15) is 13.2 Å². The van der Waals surface area contributed by atoms with E-state index in [4.69, 9.17) is 16.3 Å². The maximum absolute atomic E-state index is 13.3. The first-order chi connectivity index (χ1) is 14.6. The molecule has 31 heavy (non-hydrogen) atoms. The van der Waals surface area contributed by atoms with Gasteiger partial charge in [-0.3, -0.25) is 9.10 Å². The van der Waals surface area contributed by atoms with Crippen LogP contribution >= 0.6 is 11.6 Å². The predicted molar refractivity (Wildman–Crippen MR) is 124 cm³/mol. The molecule has 0 aliphatic carbocycles. The number of nitrogens with one attached hydrogen (secondary N) is 1. The van der Waals surface area contributed by atoms with Crippen LogP contribution in [0.25, 0.3) is 0 Å². The fraction of sp³-hybridized carbons (Fsp3) is 0.435. The number of benzene rings is 2. The van der Waals surface area contributed by atoms with E-state index in [1.54, 1.807) is 31.2 Å². The Bertz CT molecular complexity index is 1040. The topological polar surface area (TPSA) is 75.7 Å². The average molecular weight is 465 g/mol. The van der Waals surface area contributed by atoms with Crippen molar-refractivity contribution in [1.29, 1.82) is 0 Å². The van der Waals surface area contributed by atoms with Crippen LogP contribution in [0.2, 0.25) is 5.02 Å². The average Bonchev–Trinajstić information content (AvgIpc) is 2.74. The van der Waals surface area contributed by atoms with Gasteiger partial charge in [-0.2, -0.15) is 0 Å². The van der Waals surface area contributed by atoms with Gasteiger partial charge in [0.05, 0.1) is 18.0 Å². The molecular formula is C23H29ClN2O4S. The number of carbonyl (C=O) groups is 1. The molecular weight excluding hydrogens is 436 g/mol. The lowest BCUT2D eigenvalue weighted by Gasteiger charge is -2.42. The zero-order chi connectivity index (χ0) is 22.8. The third-order valence-electron chi connectivity index (χ3n) is 5.97. The second kappa shape index (κ2) is 9.09. The number of para-hydroxylation sites is 1. The van der Waals surface area contributed by atoms with Crippen molar-refractivity contribution in [3.05, 3.63) is 59.1 Å². The molecule has 2 aromatic rings. The number of hydrogen-bond donors (Lipinski definition) is 1. The van der Waals surface area contributed by atoms with Gasteiger partial charge in [-0.1, -0.05) is 43.6 Å². The monoisotopic (exact) mass is 464 g/mol. The smallest absolute Gasteiger partial charge is 0.244 e. The van der Waals surface area contributed by atoms with Gasteiger partial charge in [0.25, 0.3) is 0 Å². The summed E-state index contributed by atoms with van der Waals surface area (Å²) < 4.78 is 32.5. The highest BCUT2D eigenvalue weighted by atomic mass is 35.5. The van der Waals surface area contributed by atoms with Crippen LogP contribution in [0.4, 0.5) is 5.69 Å². The summed E-state index contributed by atoms with van der Waals surface area (Å²) in [5.41, 5.74) is 0.916. The lowest BCUT2D eigenvalue weighted by molar-refractivity contribution is -0.123. The number of rotatable bonds is 7. The van der Waals surface area contributed by atoms with E-state index in [0.717, 1.165) is 34.7 Å². The zero-order valence-electron chi connectivity index (χ0n) is 18.3. The molecule has 1 aliphatic rings. The molecule has 0 saturated heterocycles. The summed E-state index contributed by atoms with van der Waals surface area (Å²) in [6.45, 7) is 5.73. The largest absolute Gasteiger partial charge is 0.487 e. The SMILES string of the molecule is CCC1(CC)C[C@H](NC(=O)[C@H](C)N(c2ccc(Cl)cc2)S(C)(=O)=O)c2ccccc2O1. The fourth-order valence-corrected chi connectivity index (χ4v) is 5.42. The summed E-state index contributed by atoms with van der Waals surface area (Å²) in [6.07, 6.45) is 3.32. The Labute approximate surface area is 189 Å². The molecule has 1 N–H and O–H groups in total. The van der Waals surface area contributed by atoms with Crippen molar-refractivity contribution in [3.8, 4) is 5.75 Å². The van der Waals surface area contributed by atoms with E-state index in [0.29, 0.717) is 17.1 Å². The van der Waals surface area contributed by atoms with Crippen LogP contribution in [-0.4, -0.2) is 32.2 Å². The number of amides is 1. The third-order valence-corrected chi connectivity index (χ3v) is 7.47. The van der Waals surface area contributed by atoms with Gasteiger partial charge in [0.15, 0.2) is 0 Å². The predicted octanol–water partition coefficient (Wildman–Crippen LogP) is 4.69. The van der Waals surface area contributed by atoms with Crippen molar-refractivity contribution >= 4 is 33.2 Å². The summed E-state index contributed by atoms with van der Waals surface area (Å²) in [7, 11) is -3.70. The molecule has 0 saturated carbocycles. The molecule has 0 fully saturated rings. The number of hydrogen-bond acceptors (Lipinski definition) is 4. The van der Waals surface area contributed by atoms with Gasteiger partial charge in [-0.25, -0.2) is 8.42 Å². The minimum atomic E-state index is -3.70. The molecule has 3 rings (SSSR count). The van der Waals surface area contributed by atoms with Crippen molar-refractivity contribution in [2.24, 2.45) is 0 Å². The van der Waals surface area contributed by atoms with Gasteiger partial charge < -0.3 is 10.1 Å². The quantitative estimate of drug-likeness (QED) is 0.644. The van der Waals surface area contributed by atoms with Crippen LogP contribution in [0.1, 0.15) is 51.6 Å². The van der Waals surface area contributed by atoms with Crippen molar-refractivity contribution < 1.29 is 17.9 Å². The number of fused-ring (bicyclic) bond motifs is 1. The summed E-state index contributed by atoms with van der Waals surface area (Å²) in [4.78, 5) is 13.3. The fourth-order valence-electron chi connectivity index (χ4n) is 4.12.